The summed E-state index contributed by atoms with van der Waals surface area (Å²) in [7, 11) is 0. The highest BCUT2D eigenvalue weighted by Gasteiger charge is 2.34. The molecule has 0 N–H and O–H groups in total. The number of aromatic nitrogens is 2. The van der Waals surface area contributed by atoms with Crippen LogP contribution in [-0.2, 0) is 30.7 Å². The second-order valence-electron chi connectivity index (χ2n) is 9.74. The number of carbonyl (C=O) groups excluding carboxylic acids is 1. The first-order chi connectivity index (χ1) is 16.6. The van der Waals surface area contributed by atoms with Gasteiger partial charge in [0.1, 0.15) is 5.82 Å². The van der Waals surface area contributed by atoms with E-state index in [0.29, 0.717) is 38.0 Å². The Morgan fingerprint density at radius 2 is 1.94 bits per heavy atom. The van der Waals surface area contributed by atoms with E-state index in [0.717, 1.165) is 70.5 Å². The topological polar surface area (TPSA) is 53.8 Å². The zero-order valence-electron chi connectivity index (χ0n) is 20.2. The lowest BCUT2D eigenvalue weighted by Gasteiger charge is -2.41. The minimum absolute atomic E-state index is 0.0648. The van der Waals surface area contributed by atoms with Gasteiger partial charge in [-0.3, -0.25) is 19.3 Å². The number of hydrogen-bond acceptors (Lipinski definition) is 5. The Kier molecular flexibility index (Phi) is 7.27. The fourth-order valence-electron chi connectivity index (χ4n) is 5.65. The number of halogens is 1. The van der Waals surface area contributed by atoms with Crippen LogP contribution in [0.5, 0.6) is 0 Å². The molecule has 1 atom stereocenters. The molecule has 3 heterocycles. The molecule has 3 aliphatic rings. The Labute approximate surface area is 201 Å². The molecule has 184 valence electrons. The molecule has 34 heavy (non-hydrogen) atoms. The summed E-state index contributed by atoms with van der Waals surface area (Å²) < 4.78 is 21.1. The van der Waals surface area contributed by atoms with Crippen molar-refractivity contribution in [3.63, 3.8) is 0 Å². The average Bonchev–Trinajstić information content (AvgIpc) is 3.22. The van der Waals surface area contributed by atoms with Crippen molar-refractivity contribution in [2.75, 3.05) is 52.5 Å². The second kappa shape index (κ2) is 10.5. The largest absolute Gasteiger partial charge is 0.378 e. The first-order valence-electron chi connectivity index (χ1n) is 12.8. The molecule has 2 aliphatic heterocycles. The van der Waals surface area contributed by atoms with Crippen LogP contribution in [0.1, 0.15) is 47.1 Å². The molecule has 7 nitrogen and oxygen atoms in total. The average molecular weight is 470 g/mol. The summed E-state index contributed by atoms with van der Waals surface area (Å²) in [4.78, 5) is 20.3. The molecule has 0 radical (unpaired) electrons. The van der Waals surface area contributed by atoms with E-state index >= 15 is 0 Å². The van der Waals surface area contributed by atoms with Crippen LogP contribution in [0.4, 0.5) is 4.39 Å². The Balaban J connectivity index is 1.25. The first kappa shape index (κ1) is 23.5. The predicted molar refractivity (Wildman–Crippen MR) is 128 cm³/mol. The first-order valence-corrected chi connectivity index (χ1v) is 12.8. The fourth-order valence-corrected chi connectivity index (χ4v) is 5.65. The summed E-state index contributed by atoms with van der Waals surface area (Å²) in [5, 5.41) is 4.83. The molecule has 5 rings (SSSR count). The van der Waals surface area contributed by atoms with Crippen LogP contribution < -0.4 is 0 Å². The van der Waals surface area contributed by atoms with E-state index in [4.69, 9.17) is 9.84 Å². The fraction of sp³-hybridized carbons (Fsp3) is 0.615. The van der Waals surface area contributed by atoms with Gasteiger partial charge in [0.25, 0.3) is 5.91 Å². The van der Waals surface area contributed by atoms with Gasteiger partial charge in [-0.25, -0.2) is 4.39 Å². The third-order valence-electron chi connectivity index (χ3n) is 7.48. The molecule has 2 fully saturated rings. The highest BCUT2D eigenvalue weighted by molar-refractivity contribution is 5.94. The van der Waals surface area contributed by atoms with Crippen molar-refractivity contribution in [3.05, 3.63) is 52.6 Å². The maximum Gasteiger partial charge on any atom is 0.274 e. The van der Waals surface area contributed by atoms with Crippen molar-refractivity contribution in [2.45, 2.75) is 51.7 Å². The number of ether oxygens (including phenoxy) is 1. The van der Waals surface area contributed by atoms with Gasteiger partial charge >= 0.3 is 0 Å². The number of nitrogens with zero attached hydrogens (tertiary/aromatic N) is 5. The number of amides is 1. The highest BCUT2D eigenvalue weighted by Crippen LogP contribution is 2.29. The van der Waals surface area contributed by atoms with Crippen LogP contribution in [0.3, 0.4) is 0 Å². The van der Waals surface area contributed by atoms with E-state index < -0.39 is 0 Å². The zero-order chi connectivity index (χ0) is 23.5. The molecular weight excluding hydrogens is 433 g/mol. The highest BCUT2D eigenvalue weighted by atomic mass is 19.1. The molecule has 1 unspecified atom stereocenters. The lowest BCUT2D eigenvalue weighted by molar-refractivity contribution is 0.0297. The number of benzene rings is 1. The van der Waals surface area contributed by atoms with E-state index in [1.807, 2.05) is 11.0 Å². The predicted octanol–water partition coefficient (Wildman–Crippen LogP) is 2.58. The Morgan fingerprint density at radius 3 is 2.68 bits per heavy atom. The van der Waals surface area contributed by atoms with Gasteiger partial charge in [-0.15, -0.1) is 0 Å². The summed E-state index contributed by atoms with van der Waals surface area (Å²) in [6, 6.07) is 7.36. The van der Waals surface area contributed by atoms with Crippen molar-refractivity contribution < 1.29 is 13.9 Å². The normalized spacial score (nSPS) is 22.1. The second-order valence-corrected chi connectivity index (χ2v) is 9.74. The third kappa shape index (κ3) is 5.04. The molecule has 2 aromatic rings. The van der Waals surface area contributed by atoms with Gasteiger partial charge in [0.2, 0.25) is 0 Å². The monoisotopic (exact) mass is 469 g/mol. The number of fused-ring (bicyclic) bond motifs is 1. The standard InChI is InChI=1S/C26H36FN5O2/c1-2-8-32-24-7-6-22(18-23(24)25(28-32)26(33)31-13-15-34-16-14-31)30-11-9-29(10-12-30)19-20-4-3-5-21(27)17-20/h3-5,17,22H,2,6-16,18-19H2,1H3. The number of rotatable bonds is 6. The number of aryl methyl sites for hydroxylation is 1. The van der Waals surface area contributed by atoms with Crippen LogP contribution in [0, 0.1) is 5.82 Å². The SMILES string of the molecule is CCCn1nc(C(=O)N2CCOCC2)c2c1CCC(N1CCN(Cc3cccc(F)c3)CC1)C2. The molecule has 1 aromatic heterocycles. The van der Waals surface area contributed by atoms with Crippen LogP contribution >= 0.6 is 0 Å². The van der Waals surface area contributed by atoms with E-state index in [1.54, 1.807) is 12.1 Å². The Bertz CT molecular complexity index is 995. The van der Waals surface area contributed by atoms with Gasteiger partial charge in [0, 0.05) is 69.7 Å². The number of piperazine rings is 1. The van der Waals surface area contributed by atoms with Gasteiger partial charge in [-0.05, 0) is 43.4 Å². The van der Waals surface area contributed by atoms with E-state index in [9.17, 15) is 9.18 Å². The Morgan fingerprint density at radius 1 is 1.15 bits per heavy atom. The van der Waals surface area contributed by atoms with Gasteiger partial charge < -0.3 is 9.64 Å². The summed E-state index contributed by atoms with van der Waals surface area (Å²) >= 11 is 0. The van der Waals surface area contributed by atoms with Crippen molar-refractivity contribution >= 4 is 5.91 Å². The number of hydrogen-bond donors (Lipinski definition) is 0. The van der Waals surface area contributed by atoms with Gasteiger partial charge in [0.15, 0.2) is 5.69 Å². The maximum atomic E-state index is 13.5. The van der Waals surface area contributed by atoms with E-state index in [1.165, 1.54) is 17.3 Å². The van der Waals surface area contributed by atoms with Crippen LogP contribution in [0.25, 0.3) is 0 Å². The molecular formula is C26H36FN5O2. The smallest absolute Gasteiger partial charge is 0.274 e. The zero-order valence-corrected chi connectivity index (χ0v) is 20.2. The third-order valence-corrected chi connectivity index (χ3v) is 7.48. The number of carbonyl (C=O) groups is 1. The summed E-state index contributed by atoms with van der Waals surface area (Å²) in [6.07, 6.45) is 3.99. The van der Waals surface area contributed by atoms with Crippen molar-refractivity contribution in [1.29, 1.82) is 0 Å². The molecule has 2 saturated heterocycles. The van der Waals surface area contributed by atoms with E-state index in [2.05, 4.69) is 21.4 Å². The van der Waals surface area contributed by atoms with Gasteiger partial charge in [0.05, 0.1) is 13.2 Å². The minimum atomic E-state index is -0.166. The molecule has 1 amide bonds. The summed E-state index contributed by atoms with van der Waals surface area (Å²) in [5.74, 6) is -0.102. The van der Waals surface area contributed by atoms with Crippen LogP contribution in [-0.4, -0.2) is 88.9 Å². The van der Waals surface area contributed by atoms with Gasteiger partial charge in [-0.1, -0.05) is 19.1 Å². The van der Waals surface area contributed by atoms with Crippen molar-refractivity contribution in [1.82, 2.24) is 24.5 Å². The molecule has 0 spiro atoms. The molecule has 0 saturated carbocycles. The lowest BCUT2D eigenvalue weighted by atomic mass is 9.89. The van der Waals surface area contributed by atoms with E-state index in [-0.39, 0.29) is 11.7 Å². The molecule has 1 aromatic carbocycles. The van der Waals surface area contributed by atoms with Crippen LogP contribution in [0.2, 0.25) is 0 Å². The van der Waals surface area contributed by atoms with Gasteiger partial charge in [-0.2, -0.15) is 5.10 Å². The molecule has 0 bridgehead atoms. The summed E-state index contributed by atoms with van der Waals surface area (Å²) in [6.45, 7) is 10.3. The summed E-state index contributed by atoms with van der Waals surface area (Å²) in [5.41, 5.74) is 4.13. The number of morpholine rings is 1. The van der Waals surface area contributed by atoms with Crippen molar-refractivity contribution in [3.8, 4) is 0 Å². The van der Waals surface area contributed by atoms with Crippen molar-refractivity contribution in [2.24, 2.45) is 0 Å². The quantitative estimate of drug-likeness (QED) is 0.651. The van der Waals surface area contributed by atoms with Crippen LogP contribution in [0.15, 0.2) is 24.3 Å². The maximum absolute atomic E-state index is 13.5. The Hall–Kier alpha value is -2.29. The molecule has 8 heteroatoms. The minimum Gasteiger partial charge on any atom is -0.378 e. The molecule has 1 aliphatic carbocycles. The lowest BCUT2D eigenvalue weighted by Crippen LogP contribution is -2.51.